The third kappa shape index (κ3) is 3.48. The molecule has 0 bridgehead atoms. The SMILES string of the molecule is Cc1noc(C2CCN(C(=O)Cc3csc(N4CCCC4=O)n3)CC2)n1. The summed E-state index contributed by atoms with van der Waals surface area (Å²) < 4.78 is 5.25. The number of aryl methyl sites for hydroxylation is 1. The van der Waals surface area contributed by atoms with Gasteiger partial charge in [-0.3, -0.25) is 14.5 Å². The summed E-state index contributed by atoms with van der Waals surface area (Å²) in [7, 11) is 0. The van der Waals surface area contributed by atoms with Gasteiger partial charge in [0.2, 0.25) is 17.7 Å². The summed E-state index contributed by atoms with van der Waals surface area (Å²) in [4.78, 5) is 36.7. The van der Waals surface area contributed by atoms with E-state index in [-0.39, 0.29) is 24.2 Å². The van der Waals surface area contributed by atoms with Gasteiger partial charge >= 0.3 is 0 Å². The van der Waals surface area contributed by atoms with E-state index in [1.165, 1.54) is 11.3 Å². The molecular formula is C17H21N5O3S. The van der Waals surface area contributed by atoms with E-state index in [4.69, 9.17) is 4.52 Å². The van der Waals surface area contributed by atoms with Gasteiger partial charge in [-0.25, -0.2) is 4.98 Å². The van der Waals surface area contributed by atoms with Gasteiger partial charge in [-0.1, -0.05) is 5.16 Å². The number of likely N-dealkylation sites (tertiary alicyclic amines) is 1. The molecule has 9 heteroatoms. The van der Waals surface area contributed by atoms with E-state index in [0.717, 1.165) is 31.5 Å². The number of rotatable bonds is 4. The average Bonchev–Trinajstić information content (AvgIpc) is 3.36. The lowest BCUT2D eigenvalue weighted by molar-refractivity contribution is -0.131. The Morgan fingerprint density at radius 2 is 2.12 bits per heavy atom. The first-order chi connectivity index (χ1) is 12.6. The predicted molar refractivity (Wildman–Crippen MR) is 95.0 cm³/mol. The van der Waals surface area contributed by atoms with Gasteiger partial charge < -0.3 is 9.42 Å². The molecule has 2 saturated heterocycles. The van der Waals surface area contributed by atoms with Crippen LogP contribution in [-0.2, 0) is 16.0 Å². The second-order valence-corrected chi connectivity index (χ2v) is 7.62. The minimum atomic E-state index is 0.0785. The van der Waals surface area contributed by atoms with Gasteiger partial charge in [0.15, 0.2) is 11.0 Å². The first-order valence-electron chi connectivity index (χ1n) is 8.93. The van der Waals surface area contributed by atoms with Crippen LogP contribution in [0, 0.1) is 6.92 Å². The van der Waals surface area contributed by atoms with Crippen LogP contribution in [0.25, 0.3) is 0 Å². The molecule has 2 aliphatic heterocycles. The van der Waals surface area contributed by atoms with Crippen LogP contribution < -0.4 is 4.90 Å². The third-order valence-electron chi connectivity index (χ3n) is 4.92. The number of aromatic nitrogens is 3. The highest BCUT2D eigenvalue weighted by molar-refractivity contribution is 7.14. The van der Waals surface area contributed by atoms with E-state index in [1.54, 1.807) is 4.90 Å². The molecule has 0 spiro atoms. The average molecular weight is 375 g/mol. The van der Waals surface area contributed by atoms with Gasteiger partial charge in [-0.15, -0.1) is 11.3 Å². The fourth-order valence-corrected chi connectivity index (χ4v) is 4.34. The molecule has 26 heavy (non-hydrogen) atoms. The van der Waals surface area contributed by atoms with Gasteiger partial charge in [0.25, 0.3) is 0 Å². The number of nitrogens with zero attached hydrogens (tertiary/aromatic N) is 5. The van der Waals surface area contributed by atoms with Crippen molar-refractivity contribution in [3.05, 3.63) is 22.8 Å². The molecule has 0 aromatic carbocycles. The molecule has 0 N–H and O–H groups in total. The van der Waals surface area contributed by atoms with Crippen molar-refractivity contribution in [2.45, 2.75) is 44.9 Å². The van der Waals surface area contributed by atoms with Crippen molar-refractivity contribution in [1.29, 1.82) is 0 Å². The second-order valence-electron chi connectivity index (χ2n) is 6.78. The number of hydrogen-bond acceptors (Lipinski definition) is 7. The van der Waals surface area contributed by atoms with Gasteiger partial charge in [0.05, 0.1) is 12.1 Å². The number of piperidine rings is 1. The standard InChI is InChI=1S/C17H21N5O3S/c1-11-18-16(25-20-11)12-4-7-21(8-5-12)15(24)9-13-10-26-17(19-13)22-6-2-3-14(22)23/h10,12H,2-9H2,1H3. The smallest absolute Gasteiger partial charge is 0.229 e. The summed E-state index contributed by atoms with van der Waals surface area (Å²) in [5.41, 5.74) is 0.740. The Bertz CT molecular complexity index is 809. The Kier molecular flexibility index (Phi) is 4.71. The van der Waals surface area contributed by atoms with Gasteiger partial charge in [-0.2, -0.15) is 4.98 Å². The number of carbonyl (C=O) groups is 2. The Morgan fingerprint density at radius 3 is 2.77 bits per heavy atom. The molecule has 2 aromatic rings. The molecular weight excluding hydrogens is 354 g/mol. The fraction of sp³-hybridized carbons (Fsp3) is 0.588. The van der Waals surface area contributed by atoms with Crippen molar-refractivity contribution in [3.8, 4) is 0 Å². The first-order valence-corrected chi connectivity index (χ1v) is 9.81. The Hall–Kier alpha value is -2.29. The molecule has 2 aliphatic rings. The number of carbonyl (C=O) groups excluding carboxylic acids is 2. The van der Waals surface area contributed by atoms with Crippen molar-refractivity contribution in [2.24, 2.45) is 0 Å². The van der Waals surface area contributed by atoms with Crippen LogP contribution in [0.5, 0.6) is 0 Å². The van der Waals surface area contributed by atoms with Crippen LogP contribution in [0.1, 0.15) is 49.0 Å². The molecule has 4 rings (SSSR count). The van der Waals surface area contributed by atoms with Crippen LogP contribution in [0.15, 0.2) is 9.90 Å². The number of amides is 2. The minimum absolute atomic E-state index is 0.0785. The molecule has 0 aliphatic carbocycles. The van der Waals surface area contributed by atoms with E-state index < -0.39 is 0 Å². The Balaban J connectivity index is 1.32. The van der Waals surface area contributed by atoms with Gasteiger partial charge in [0.1, 0.15) is 0 Å². The van der Waals surface area contributed by atoms with Crippen LogP contribution in [-0.4, -0.2) is 51.5 Å². The van der Waals surface area contributed by atoms with Crippen molar-refractivity contribution >= 4 is 28.3 Å². The fourth-order valence-electron chi connectivity index (χ4n) is 3.47. The molecule has 0 unspecified atom stereocenters. The highest BCUT2D eigenvalue weighted by Crippen LogP contribution is 2.28. The molecule has 8 nitrogen and oxygen atoms in total. The molecule has 2 fully saturated rings. The maximum absolute atomic E-state index is 12.6. The zero-order valence-corrected chi connectivity index (χ0v) is 15.5. The molecule has 0 saturated carbocycles. The number of anilines is 1. The third-order valence-corrected chi connectivity index (χ3v) is 5.83. The highest BCUT2D eigenvalue weighted by Gasteiger charge is 2.28. The molecule has 0 radical (unpaired) electrons. The van der Waals surface area contributed by atoms with E-state index in [0.29, 0.717) is 36.4 Å². The minimum Gasteiger partial charge on any atom is -0.342 e. The summed E-state index contributed by atoms with van der Waals surface area (Å²) in [6, 6.07) is 0. The quantitative estimate of drug-likeness (QED) is 0.810. The van der Waals surface area contributed by atoms with E-state index in [9.17, 15) is 9.59 Å². The maximum atomic E-state index is 12.6. The lowest BCUT2D eigenvalue weighted by Crippen LogP contribution is -2.38. The number of thiazole rings is 1. The lowest BCUT2D eigenvalue weighted by atomic mass is 9.96. The topological polar surface area (TPSA) is 92.4 Å². The molecule has 4 heterocycles. The van der Waals surface area contributed by atoms with Gasteiger partial charge in [-0.05, 0) is 26.2 Å². The Labute approximate surface area is 155 Å². The molecule has 138 valence electrons. The lowest BCUT2D eigenvalue weighted by Gasteiger charge is -2.30. The largest absolute Gasteiger partial charge is 0.342 e. The van der Waals surface area contributed by atoms with Crippen molar-refractivity contribution in [2.75, 3.05) is 24.5 Å². The maximum Gasteiger partial charge on any atom is 0.229 e. The summed E-state index contributed by atoms with van der Waals surface area (Å²) in [6.07, 6.45) is 3.41. The van der Waals surface area contributed by atoms with Crippen molar-refractivity contribution in [1.82, 2.24) is 20.0 Å². The van der Waals surface area contributed by atoms with Crippen LogP contribution in [0.2, 0.25) is 0 Å². The second kappa shape index (κ2) is 7.14. The monoisotopic (exact) mass is 375 g/mol. The van der Waals surface area contributed by atoms with Crippen molar-refractivity contribution in [3.63, 3.8) is 0 Å². The Morgan fingerprint density at radius 1 is 1.31 bits per heavy atom. The van der Waals surface area contributed by atoms with E-state index in [2.05, 4.69) is 15.1 Å². The summed E-state index contributed by atoms with van der Waals surface area (Å²) in [6.45, 7) is 3.91. The highest BCUT2D eigenvalue weighted by atomic mass is 32.1. The van der Waals surface area contributed by atoms with E-state index in [1.807, 2.05) is 17.2 Å². The normalized spacial score (nSPS) is 18.7. The first kappa shape index (κ1) is 17.1. The summed E-state index contributed by atoms with van der Waals surface area (Å²) in [5, 5.41) is 6.43. The van der Waals surface area contributed by atoms with Crippen LogP contribution in [0.3, 0.4) is 0 Å². The number of hydrogen-bond donors (Lipinski definition) is 0. The van der Waals surface area contributed by atoms with E-state index >= 15 is 0 Å². The van der Waals surface area contributed by atoms with Crippen molar-refractivity contribution < 1.29 is 14.1 Å². The zero-order valence-electron chi connectivity index (χ0n) is 14.7. The van der Waals surface area contributed by atoms with Gasteiger partial charge in [0, 0.05) is 37.4 Å². The predicted octanol–water partition coefficient (Wildman–Crippen LogP) is 1.91. The van der Waals surface area contributed by atoms with Crippen LogP contribution in [0.4, 0.5) is 5.13 Å². The summed E-state index contributed by atoms with van der Waals surface area (Å²) in [5.74, 6) is 1.75. The van der Waals surface area contributed by atoms with Crippen LogP contribution >= 0.6 is 11.3 Å². The molecule has 0 atom stereocenters. The summed E-state index contributed by atoms with van der Waals surface area (Å²) >= 11 is 1.43. The molecule has 2 aromatic heterocycles. The molecule has 2 amide bonds. The zero-order chi connectivity index (χ0) is 18.1.